The fourth-order valence-corrected chi connectivity index (χ4v) is 4.76. The van der Waals surface area contributed by atoms with E-state index in [2.05, 4.69) is 9.98 Å². The van der Waals surface area contributed by atoms with Gasteiger partial charge in [0.1, 0.15) is 22.5 Å². The zero-order valence-electron chi connectivity index (χ0n) is 19.8. The molecule has 0 spiro atoms. The standard InChI is InChI=1S/C26H26FN5O3/c1-17-14-31(16-29-17)21-9-4-18(13-23(21)35-3)12-22-24(34)32-25(30(22)2)28-11-10-26(32,15-33)19-5-7-20(27)8-6-19/h4-9,12-14,16,33H,10-11,15H2,1-3H3. The van der Waals surface area contributed by atoms with E-state index in [4.69, 9.17) is 4.74 Å². The van der Waals surface area contributed by atoms with E-state index in [0.717, 1.165) is 16.9 Å². The third-order valence-corrected chi connectivity index (χ3v) is 6.63. The highest BCUT2D eigenvalue weighted by Gasteiger charge is 2.39. The van der Waals surface area contributed by atoms with Gasteiger partial charge in [-0.15, -0.1) is 0 Å². The van der Waals surface area contributed by atoms with Gasteiger partial charge in [0.25, 0.3) is 5.56 Å². The smallest absolute Gasteiger partial charge is 0.278 e. The zero-order valence-corrected chi connectivity index (χ0v) is 19.8. The minimum Gasteiger partial charge on any atom is -0.495 e. The Bertz CT molecular complexity index is 1580. The lowest BCUT2D eigenvalue weighted by atomic mass is 9.86. The van der Waals surface area contributed by atoms with Crippen molar-refractivity contribution < 1.29 is 14.2 Å². The predicted octanol–water partition coefficient (Wildman–Crippen LogP) is 1.42. The first-order valence-electron chi connectivity index (χ1n) is 11.3. The summed E-state index contributed by atoms with van der Waals surface area (Å²) < 4.78 is 24.3. The van der Waals surface area contributed by atoms with Crippen LogP contribution in [0.2, 0.25) is 0 Å². The second-order valence-electron chi connectivity index (χ2n) is 8.71. The quantitative estimate of drug-likeness (QED) is 0.473. The Kier molecular flexibility index (Phi) is 5.64. The number of halogens is 1. The summed E-state index contributed by atoms with van der Waals surface area (Å²) in [6.45, 7) is 2.04. The molecule has 1 aliphatic heterocycles. The second kappa shape index (κ2) is 8.66. The summed E-state index contributed by atoms with van der Waals surface area (Å²) >= 11 is 0. The summed E-state index contributed by atoms with van der Waals surface area (Å²) in [7, 11) is 3.38. The van der Waals surface area contributed by atoms with Gasteiger partial charge in [0.15, 0.2) is 0 Å². The van der Waals surface area contributed by atoms with Crippen LogP contribution in [-0.2, 0) is 12.6 Å². The van der Waals surface area contributed by atoms with Crippen LogP contribution in [0, 0.1) is 12.7 Å². The fourth-order valence-electron chi connectivity index (χ4n) is 4.76. The Balaban J connectivity index is 1.68. The maximum atomic E-state index is 13.7. The molecule has 0 bridgehead atoms. The minimum atomic E-state index is -1.02. The first-order chi connectivity index (χ1) is 16.9. The van der Waals surface area contributed by atoms with Crippen molar-refractivity contribution in [2.45, 2.75) is 18.9 Å². The van der Waals surface area contributed by atoms with Crippen LogP contribution in [0.15, 0.2) is 64.8 Å². The van der Waals surface area contributed by atoms with Crippen molar-refractivity contribution in [1.82, 2.24) is 18.7 Å². The topological polar surface area (TPSA) is 86.6 Å². The van der Waals surface area contributed by atoms with Crippen LogP contribution in [0.3, 0.4) is 0 Å². The Morgan fingerprint density at radius 2 is 2.00 bits per heavy atom. The Morgan fingerprint density at radius 1 is 1.23 bits per heavy atom. The highest BCUT2D eigenvalue weighted by molar-refractivity contribution is 5.58. The van der Waals surface area contributed by atoms with Crippen LogP contribution in [0.25, 0.3) is 11.8 Å². The summed E-state index contributed by atoms with van der Waals surface area (Å²) in [6.07, 6.45) is 5.84. The van der Waals surface area contributed by atoms with Crippen molar-refractivity contribution in [3.8, 4) is 11.4 Å². The lowest BCUT2D eigenvalue weighted by Gasteiger charge is -2.35. The van der Waals surface area contributed by atoms with Crippen LogP contribution in [0.5, 0.6) is 5.75 Å². The number of hydrogen-bond donors (Lipinski definition) is 1. The molecule has 5 rings (SSSR count). The average Bonchev–Trinajstić information content (AvgIpc) is 3.41. The van der Waals surface area contributed by atoms with Gasteiger partial charge in [-0.05, 0) is 54.8 Å². The van der Waals surface area contributed by atoms with E-state index in [0.29, 0.717) is 35.2 Å². The van der Waals surface area contributed by atoms with Gasteiger partial charge in [-0.25, -0.2) is 9.37 Å². The van der Waals surface area contributed by atoms with E-state index in [1.54, 1.807) is 43.3 Å². The molecular weight excluding hydrogens is 449 g/mol. The molecule has 0 saturated heterocycles. The summed E-state index contributed by atoms with van der Waals surface area (Å²) in [4.78, 5) is 22.6. The number of hydrogen-bond acceptors (Lipinski definition) is 5. The molecule has 180 valence electrons. The molecule has 8 nitrogen and oxygen atoms in total. The summed E-state index contributed by atoms with van der Waals surface area (Å²) in [6, 6.07) is 11.6. The molecule has 0 saturated carbocycles. The number of benzene rings is 2. The van der Waals surface area contributed by atoms with E-state index in [-0.39, 0.29) is 18.0 Å². The van der Waals surface area contributed by atoms with Gasteiger partial charge in [-0.2, -0.15) is 0 Å². The van der Waals surface area contributed by atoms with Gasteiger partial charge >= 0.3 is 0 Å². The monoisotopic (exact) mass is 475 g/mol. The maximum Gasteiger partial charge on any atom is 0.278 e. The van der Waals surface area contributed by atoms with E-state index < -0.39 is 5.54 Å². The summed E-state index contributed by atoms with van der Waals surface area (Å²) in [5.74, 6) is 0.260. The molecular formula is C26H26FN5O3. The highest BCUT2D eigenvalue weighted by Crippen LogP contribution is 2.29. The van der Waals surface area contributed by atoms with Gasteiger partial charge in [0, 0.05) is 19.8 Å². The predicted molar refractivity (Wildman–Crippen MR) is 129 cm³/mol. The highest BCUT2D eigenvalue weighted by atomic mass is 19.1. The van der Waals surface area contributed by atoms with Crippen LogP contribution in [0.4, 0.5) is 4.39 Å². The fraction of sp³-hybridized carbons (Fsp3) is 0.269. The normalized spacial score (nSPS) is 17.8. The van der Waals surface area contributed by atoms with Gasteiger partial charge in [-0.1, -0.05) is 18.2 Å². The molecule has 0 aliphatic carbocycles. The number of rotatable bonds is 5. The molecule has 1 atom stereocenters. The van der Waals surface area contributed by atoms with Gasteiger partial charge in [0.2, 0.25) is 5.62 Å². The number of ether oxygens (including phenoxy) is 1. The largest absolute Gasteiger partial charge is 0.495 e. The van der Waals surface area contributed by atoms with Crippen molar-refractivity contribution in [1.29, 1.82) is 0 Å². The van der Waals surface area contributed by atoms with Crippen LogP contribution in [0.1, 0.15) is 23.2 Å². The molecule has 4 aromatic rings. The number of imidazole rings is 2. The van der Waals surface area contributed by atoms with Gasteiger partial charge in [-0.3, -0.25) is 14.4 Å². The Morgan fingerprint density at radius 3 is 2.66 bits per heavy atom. The van der Waals surface area contributed by atoms with Crippen LogP contribution in [-0.4, -0.2) is 44.1 Å². The lowest BCUT2D eigenvalue weighted by Crippen LogP contribution is -2.53. The third kappa shape index (κ3) is 3.68. The first-order valence-corrected chi connectivity index (χ1v) is 11.3. The molecule has 3 heterocycles. The van der Waals surface area contributed by atoms with Crippen molar-refractivity contribution in [2.75, 3.05) is 20.3 Å². The van der Waals surface area contributed by atoms with Crippen LogP contribution >= 0.6 is 0 Å². The number of methoxy groups -OCH3 is 1. The molecule has 2 aromatic heterocycles. The van der Waals surface area contributed by atoms with Crippen LogP contribution < -0.4 is 21.3 Å². The maximum absolute atomic E-state index is 13.7. The van der Waals surface area contributed by atoms with Crippen molar-refractivity contribution in [3.05, 3.63) is 98.9 Å². The number of fused-ring (bicyclic) bond motifs is 1. The molecule has 35 heavy (non-hydrogen) atoms. The first kappa shape index (κ1) is 22.8. The van der Waals surface area contributed by atoms with E-state index in [1.807, 2.05) is 35.9 Å². The number of aromatic nitrogens is 4. The minimum absolute atomic E-state index is 0.280. The molecule has 2 aromatic carbocycles. The Hall–Kier alpha value is -3.98. The van der Waals surface area contributed by atoms with E-state index in [1.165, 1.54) is 16.7 Å². The summed E-state index contributed by atoms with van der Waals surface area (Å²) in [5.41, 5.74) is 2.32. The molecule has 9 heteroatoms. The number of aryl methyl sites for hydroxylation is 1. The van der Waals surface area contributed by atoms with E-state index >= 15 is 0 Å². The average molecular weight is 476 g/mol. The van der Waals surface area contributed by atoms with E-state index in [9.17, 15) is 14.3 Å². The second-order valence-corrected chi connectivity index (χ2v) is 8.71. The molecule has 0 fully saturated rings. The molecule has 1 aliphatic rings. The van der Waals surface area contributed by atoms with Gasteiger partial charge < -0.3 is 19.0 Å². The zero-order chi connectivity index (χ0) is 24.7. The van der Waals surface area contributed by atoms with Crippen molar-refractivity contribution >= 4 is 6.08 Å². The molecule has 0 radical (unpaired) electrons. The number of aliphatic hydroxyl groups is 1. The molecule has 1 unspecified atom stereocenters. The SMILES string of the molecule is COc1cc(C=c2c(=O)n3c(n2C)=NCCC3(CO)c2ccc(F)cc2)ccc1-n1cnc(C)c1. The Labute approximate surface area is 200 Å². The van der Waals surface area contributed by atoms with Crippen molar-refractivity contribution in [2.24, 2.45) is 12.0 Å². The van der Waals surface area contributed by atoms with Gasteiger partial charge in [0.05, 0.1) is 31.4 Å². The molecule has 0 amide bonds. The van der Waals surface area contributed by atoms with Crippen molar-refractivity contribution in [3.63, 3.8) is 0 Å². The molecule has 1 N–H and O–H groups in total. The number of aliphatic hydroxyl groups excluding tert-OH is 1. The lowest BCUT2D eigenvalue weighted by molar-refractivity contribution is 0.143. The number of nitrogens with zero attached hydrogens (tertiary/aromatic N) is 5. The summed E-state index contributed by atoms with van der Waals surface area (Å²) in [5, 5.41) is 10.9. The third-order valence-electron chi connectivity index (χ3n) is 6.63.